The van der Waals surface area contributed by atoms with Crippen LogP contribution in [0.15, 0.2) is 5.38 Å². The number of aryl methyl sites for hydroxylation is 2. The van der Waals surface area contributed by atoms with Gasteiger partial charge in [-0.1, -0.05) is 6.92 Å². The highest BCUT2D eigenvalue weighted by molar-refractivity contribution is 7.10. The number of fused-ring (bicyclic) bond motifs is 1. The van der Waals surface area contributed by atoms with Crippen LogP contribution in [0.4, 0.5) is 0 Å². The zero-order chi connectivity index (χ0) is 11.5. The Labute approximate surface area is 100 Å². The van der Waals surface area contributed by atoms with E-state index >= 15 is 0 Å². The number of thiophene rings is 1. The maximum atomic E-state index is 10.8. The van der Waals surface area contributed by atoms with Gasteiger partial charge in [-0.3, -0.25) is 4.79 Å². The summed E-state index contributed by atoms with van der Waals surface area (Å²) in [4.78, 5) is 12.3. The Morgan fingerprint density at radius 2 is 2.25 bits per heavy atom. The van der Waals surface area contributed by atoms with Crippen LogP contribution < -0.4 is 0 Å². The molecule has 1 heterocycles. The summed E-state index contributed by atoms with van der Waals surface area (Å²) in [5.74, 6) is -0.900. The Kier molecular flexibility index (Phi) is 3.64. The molecule has 0 amide bonds. The van der Waals surface area contributed by atoms with Crippen molar-refractivity contribution < 1.29 is 9.90 Å². The van der Waals surface area contributed by atoms with E-state index in [1.165, 1.54) is 36.8 Å². The van der Waals surface area contributed by atoms with Gasteiger partial charge in [0.2, 0.25) is 0 Å². The molecule has 1 aromatic heterocycles. The van der Waals surface area contributed by atoms with Crippen molar-refractivity contribution in [2.24, 2.45) is 5.92 Å². The van der Waals surface area contributed by atoms with Crippen LogP contribution in [0.1, 0.15) is 42.2 Å². The van der Waals surface area contributed by atoms with Crippen molar-refractivity contribution in [3.8, 4) is 0 Å². The van der Waals surface area contributed by atoms with Crippen LogP contribution in [-0.4, -0.2) is 11.1 Å². The minimum Gasteiger partial charge on any atom is -0.481 e. The number of hydrogen-bond donors (Lipinski definition) is 1. The van der Waals surface area contributed by atoms with Gasteiger partial charge in [-0.2, -0.15) is 0 Å². The van der Waals surface area contributed by atoms with E-state index in [4.69, 9.17) is 5.11 Å². The predicted octanol–water partition coefficient (Wildman–Crippen LogP) is 3.28. The highest BCUT2D eigenvalue weighted by Crippen LogP contribution is 2.31. The molecule has 1 atom stereocenters. The van der Waals surface area contributed by atoms with Gasteiger partial charge >= 0.3 is 5.97 Å². The molecule has 0 aliphatic heterocycles. The van der Waals surface area contributed by atoms with E-state index in [0.717, 1.165) is 12.8 Å². The lowest BCUT2D eigenvalue weighted by Gasteiger charge is -2.13. The number of carbonyl (C=O) groups is 1. The monoisotopic (exact) mass is 238 g/mol. The lowest BCUT2D eigenvalue weighted by atomic mass is 9.92. The fourth-order valence-electron chi connectivity index (χ4n) is 2.27. The largest absolute Gasteiger partial charge is 0.481 e. The predicted molar refractivity (Wildman–Crippen MR) is 66.1 cm³/mol. The molecular weight excluding hydrogens is 220 g/mol. The summed E-state index contributed by atoms with van der Waals surface area (Å²) in [5, 5.41) is 11.1. The SMILES string of the molecule is CC(CCc1csc2c1CCCC2)C(=O)O. The molecule has 1 N–H and O–H groups in total. The second-order valence-corrected chi connectivity index (χ2v) is 5.61. The van der Waals surface area contributed by atoms with Gasteiger partial charge in [0.1, 0.15) is 0 Å². The summed E-state index contributed by atoms with van der Waals surface area (Å²) in [7, 11) is 0. The third-order valence-corrected chi connectivity index (χ3v) is 4.55. The second-order valence-electron chi connectivity index (χ2n) is 4.65. The van der Waals surface area contributed by atoms with Gasteiger partial charge in [0.05, 0.1) is 5.92 Å². The minimum absolute atomic E-state index is 0.223. The first-order valence-electron chi connectivity index (χ1n) is 5.99. The third-order valence-electron chi connectivity index (χ3n) is 3.42. The quantitative estimate of drug-likeness (QED) is 0.874. The molecule has 2 rings (SSSR count). The molecule has 2 nitrogen and oxygen atoms in total. The van der Waals surface area contributed by atoms with E-state index < -0.39 is 5.97 Å². The van der Waals surface area contributed by atoms with Gasteiger partial charge in [-0.05, 0) is 55.0 Å². The van der Waals surface area contributed by atoms with Crippen LogP contribution in [-0.2, 0) is 24.1 Å². The smallest absolute Gasteiger partial charge is 0.306 e. The van der Waals surface area contributed by atoms with Crippen LogP contribution in [0.25, 0.3) is 0 Å². The molecule has 1 unspecified atom stereocenters. The van der Waals surface area contributed by atoms with Gasteiger partial charge < -0.3 is 5.11 Å². The molecule has 0 saturated carbocycles. The summed E-state index contributed by atoms with van der Waals surface area (Å²) in [6.07, 6.45) is 6.74. The van der Waals surface area contributed by atoms with Gasteiger partial charge in [-0.15, -0.1) is 11.3 Å². The van der Waals surface area contributed by atoms with Crippen LogP contribution in [0, 0.1) is 5.92 Å². The molecule has 0 spiro atoms. The molecule has 1 aliphatic carbocycles. The molecule has 0 aromatic carbocycles. The highest BCUT2D eigenvalue weighted by atomic mass is 32.1. The molecule has 1 aromatic rings. The minimum atomic E-state index is -0.677. The van der Waals surface area contributed by atoms with Crippen molar-refractivity contribution >= 4 is 17.3 Å². The van der Waals surface area contributed by atoms with Gasteiger partial charge in [0.25, 0.3) is 0 Å². The maximum Gasteiger partial charge on any atom is 0.306 e. The average molecular weight is 238 g/mol. The Bertz CT molecular complexity index is 381. The summed E-state index contributed by atoms with van der Waals surface area (Å²) in [6, 6.07) is 0. The molecule has 1 aliphatic rings. The van der Waals surface area contributed by atoms with Crippen molar-refractivity contribution in [1.82, 2.24) is 0 Å². The summed E-state index contributed by atoms with van der Waals surface area (Å²) < 4.78 is 0. The summed E-state index contributed by atoms with van der Waals surface area (Å²) >= 11 is 1.86. The van der Waals surface area contributed by atoms with E-state index in [1.807, 2.05) is 11.3 Å². The summed E-state index contributed by atoms with van der Waals surface area (Å²) in [5.41, 5.74) is 2.95. The molecule has 0 fully saturated rings. The van der Waals surface area contributed by atoms with Crippen molar-refractivity contribution in [2.45, 2.75) is 45.4 Å². The van der Waals surface area contributed by atoms with E-state index in [9.17, 15) is 4.79 Å². The molecule has 3 heteroatoms. The Hall–Kier alpha value is -0.830. The lowest BCUT2D eigenvalue weighted by Crippen LogP contribution is -2.11. The molecule has 0 saturated heterocycles. The van der Waals surface area contributed by atoms with Crippen LogP contribution in [0.2, 0.25) is 0 Å². The topological polar surface area (TPSA) is 37.3 Å². The molecular formula is C13H18O2S. The van der Waals surface area contributed by atoms with Crippen molar-refractivity contribution in [3.05, 3.63) is 21.4 Å². The van der Waals surface area contributed by atoms with Crippen molar-refractivity contribution in [3.63, 3.8) is 0 Å². The fourth-order valence-corrected chi connectivity index (χ4v) is 3.45. The van der Waals surface area contributed by atoms with Crippen LogP contribution >= 0.6 is 11.3 Å². The van der Waals surface area contributed by atoms with E-state index in [-0.39, 0.29) is 5.92 Å². The van der Waals surface area contributed by atoms with Crippen molar-refractivity contribution in [1.29, 1.82) is 0 Å². The Morgan fingerprint density at radius 3 is 3.00 bits per heavy atom. The van der Waals surface area contributed by atoms with Crippen molar-refractivity contribution in [2.75, 3.05) is 0 Å². The zero-order valence-corrected chi connectivity index (χ0v) is 10.5. The normalized spacial score (nSPS) is 16.8. The van der Waals surface area contributed by atoms with Crippen LogP contribution in [0.3, 0.4) is 0 Å². The average Bonchev–Trinajstić information content (AvgIpc) is 2.69. The van der Waals surface area contributed by atoms with E-state index in [1.54, 1.807) is 11.8 Å². The lowest BCUT2D eigenvalue weighted by molar-refractivity contribution is -0.141. The number of carboxylic acid groups (broad SMARTS) is 1. The number of hydrogen-bond acceptors (Lipinski definition) is 2. The second kappa shape index (κ2) is 5.00. The van der Waals surface area contributed by atoms with E-state index in [0.29, 0.717) is 0 Å². The summed E-state index contributed by atoms with van der Waals surface area (Å²) in [6.45, 7) is 1.79. The fraction of sp³-hybridized carbons (Fsp3) is 0.615. The first kappa shape index (κ1) is 11.6. The number of carboxylic acids is 1. The molecule has 88 valence electrons. The highest BCUT2D eigenvalue weighted by Gasteiger charge is 2.17. The van der Waals surface area contributed by atoms with E-state index in [2.05, 4.69) is 5.38 Å². The first-order chi connectivity index (χ1) is 7.68. The Morgan fingerprint density at radius 1 is 1.50 bits per heavy atom. The van der Waals surface area contributed by atoms with Gasteiger partial charge in [-0.25, -0.2) is 0 Å². The van der Waals surface area contributed by atoms with Crippen LogP contribution in [0.5, 0.6) is 0 Å². The number of aliphatic carboxylic acids is 1. The number of rotatable bonds is 4. The zero-order valence-electron chi connectivity index (χ0n) is 9.66. The first-order valence-corrected chi connectivity index (χ1v) is 6.87. The molecule has 16 heavy (non-hydrogen) atoms. The van der Waals surface area contributed by atoms with Gasteiger partial charge in [0, 0.05) is 4.88 Å². The Balaban J connectivity index is 1.99. The standard InChI is InChI=1S/C13H18O2S/c1-9(13(14)15)6-7-10-8-16-12-5-3-2-4-11(10)12/h8-9H,2-7H2,1H3,(H,14,15). The third kappa shape index (κ3) is 2.46. The molecule has 0 bridgehead atoms. The molecule has 0 radical (unpaired) electrons. The van der Waals surface area contributed by atoms with Gasteiger partial charge in [0.15, 0.2) is 0 Å². The maximum absolute atomic E-state index is 10.8.